The van der Waals surface area contributed by atoms with Crippen LogP contribution in [0.5, 0.6) is 0 Å². The third-order valence-corrected chi connectivity index (χ3v) is 5.08. The first kappa shape index (κ1) is 17.5. The summed E-state index contributed by atoms with van der Waals surface area (Å²) >= 11 is 0. The number of nitrogens with zero attached hydrogens (tertiary/aromatic N) is 6. The monoisotopic (exact) mass is 365 g/mol. The topological polar surface area (TPSA) is 88.8 Å². The third-order valence-electron chi connectivity index (χ3n) is 5.08. The van der Waals surface area contributed by atoms with Crippen molar-refractivity contribution >= 4 is 16.7 Å². The van der Waals surface area contributed by atoms with Crippen LogP contribution in [-0.2, 0) is 6.54 Å². The van der Waals surface area contributed by atoms with E-state index in [1.165, 1.54) is 17.5 Å². The first-order valence-corrected chi connectivity index (χ1v) is 9.36. The number of pyridine rings is 1. The Morgan fingerprint density at radius 2 is 2.11 bits per heavy atom. The Morgan fingerprint density at radius 1 is 1.15 bits per heavy atom. The first-order valence-electron chi connectivity index (χ1n) is 9.36. The number of rotatable bonds is 6. The summed E-state index contributed by atoms with van der Waals surface area (Å²) in [6, 6.07) is 5.57. The summed E-state index contributed by atoms with van der Waals surface area (Å²) in [4.78, 5) is 27.1. The summed E-state index contributed by atoms with van der Waals surface area (Å²) in [5.41, 5.74) is 0.787. The molecule has 0 bridgehead atoms. The highest BCUT2D eigenvalue weighted by Gasteiger charge is 2.22. The van der Waals surface area contributed by atoms with Gasteiger partial charge < -0.3 is 5.32 Å². The molecule has 0 saturated carbocycles. The fraction of sp³-hybridized carbons (Fsp3) is 0.421. The Labute approximate surface area is 157 Å². The van der Waals surface area contributed by atoms with Crippen molar-refractivity contribution < 1.29 is 0 Å². The fourth-order valence-electron chi connectivity index (χ4n) is 3.63. The van der Waals surface area contributed by atoms with Crippen LogP contribution in [0, 0.1) is 0 Å². The standard InChI is InChI=1S/C19H23N7O/c27-18-5-3-7-24-26(18)11-10-25-9-2-1-4-15(25)12-21-19-16-6-8-20-13-17(16)22-14-23-19/h3,5-8,13-15H,1-2,4,9-12H2,(H,21,22,23). The minimum absolute atomic E-state index is 0.0507. The molecule has 0 radical (unpaired) electrons. The van der Waals surface area contributed by atoms with Crippen molar-refractivity contribution in [2.45, 2.75) is 31.8 Å². The van der Waals surface area contributed by atoms with Crippen LogP contribution in [0.1, 0.15) is 19.3 Å². The summed E-state index contributed by atoms with van der Waals surface area (Å²) in [5.74, 6) is 0.842. The summed E-state index contributed by atoms with van der Waals surface area (Å²) in [6.07, 6.45) is 10.3. The van der Waals surface area contributed by atoms with Gasteiger partial charge in [-0.1, -0.05) is 6.42 Å². The molecular weight excluding hydrogens is 342 g/mol. The van der Waals surface area contributed by atoms with Crippen LogP contribution in [0.3, 0.4) is 0 Å². The van der Waals surface area contributed by atoms with Crippen molar-refractivity contribution in [1.29, 1.82) is 0 Å². The van der Waals surface area contributed by atoms with Crippen molar-refractivity contribution in [1.82, 2.24) is 29.6 Å². The Kier molecular flexibility index (Phi) is 5.34. The predicted molar refractivity (Wildman–Crippen MR) is 104 cm³/mol. The summed E-state index contributed by atoms with van der Waals surface area (Å²) in [5, 5.41) is 8.63. The average molecular weight is 365 g/mol. The van der Waals surface area contributed by atoms with Crippen LogP contribution in [0.15, 0.2) is 47.9 Å². The van der Waals surface area contributed by atoms with Gasteiger partial charge in [0.2, 0.25) is 0 Å². The smallest absolute Gasteiger partial charge is 0.266 e. The third kappa shape index (κ3) is 4.11. The fourth-order valence-corrected chi connectivity index (χ4v) is 3.63. The molecule has 8 heteroatoms. The zero-order chi connectivity index (χ0) is 18.5. The lowest BCUT2D eigenvalue weighted by Gasteiger charge is -2.36. The van der Waals surface area contributed by atoms with Gasteiger partial charge in [0.05, 0.1) is 18.3 Å². The first-order chi connectivity index (χ1) is 13.3. The molecule has 3 aromatic heterocycles. The highest BCUT2D eigenvalue weighted by atomic mass is 16.1. The molecule has 0 spiro atoms. The van der Waals surface area contributed by atoms with Crippen molar-refractivity contribution in [3.8, 4) is 0 Å². The lowest BCUT2D eigenvalue weighted by atomic mass is 10.0. The molecule has 1 aliphatic rings. The van der Waals surface area contributed by atoms with Gasteiger partial charge in [0.15, 0.2) is 0 Å². The second-order valence-corrected chi connectivity index (χ2v) is 6.77. The van der Waals surface area contributed by atoms with Crippen LogP contribution in [0.25, 0.3) is 10.9 Å². The molecule has 4 rings (SSSR count). The van der Waals surface area contributed by atoms with Gasteiger partial charge >= 0.3 is 0 Å². The number of hydrogen-bond donors (Lipinski definition) is 1. The number of fused-ring (bicyclic) bond motifs is 1. The SMILES string of the molecule is O=c1cccnn1CCN1CCCCC1CNc1ncnc2cnccc12. The largest absolute Gasteiger partial charge is 0.368 e. The minimum atomic E-state index is -0.0507. The molecule has 1 fully saturated rings. The van der Waals surface area contributed by atoms with E-state index >= 15 is 0 Å². The van der Waals surface area contributed by atoms with E-state index < -0.39 is 0 Å². The number of hydrogen-bond acceptors (Lipinski definition) is 7. The maximum absolute atomic E-state index is 11.9. The van der Waals surface area contributed by atoms with Crippen LogP contribution < -0.4 is 10.9 Å². The molecule has 1 aliphatic heterocycles. The van der Waals surface area contributed by atoms with Crippen LogP contribution >= 0.6 is 0 Å². The zero-order valence-corrected chi connectivity index (χ0v) is 15.2. The molecule has 27 heavy (non-hydrogen) atoms. The summed E-state index contributed by atoms with van der Waals surface area (Å²) < 4.78 is 1.53. The molecule has 8 nitrogen and oxygen atoms in total. The highest BCUT2D eigenvalue weighted by molar-refractivity contribution is 5.87. The van der Waals surface area contributed by atoms with Gasteiger partial charge in [-0.2, -0.15) is 5.10 Å². The number of aromatic nitrogens is 5. The second kappa shape index (κ2) is 8.22. The molecule has 0 amide bonds. The van der Waals surface area contributed by atoms with E-state index in [1.807, 2.05) is 6.07 Å². The molecule has 140 valence electrons. The lowest BCUT2D eigenvalue weighted by molar-refractivity contribution is 0.148. The van der Waals surface area contributed by atoms with Gasteiger partial charge in [-0.25, -0.2) is 14.6 Å². The maximum atomic E-state index is 11.9. The lowest BCUT2D eigenvalue weighted by Crippen LogP contribution is -2.45. The predicted octanol–water partition coefficient (Wildman–Crippen LogP) is 1.55. The van der Waals surface area contributed by atoms with Gasteiger partial charge in [0.1, 0.15) is 12.1 Å². The molecule has 1 N–H and O–H groups in total. The average Bonchev–Trinajstić information content (AvgIpc) is 2.72. The van der Waals surface area contributed by atoms with E-state index in [1.54, 1.807) is 37.1 Å². The Bertz CT molecular complexity index is 952. The van der Waals surface area contributed by atoms with Crippen molar-refractivity contribution in [2.75, 3.05) is 25.0 Å². The van der Waals surface area contributed by atoms with Gasteiger partial charge in [0.25, 0.3) is 5.56 Å². The van der Waals surface area contributed by atoms with E-state index in [-0.39, 0.29) is 5.56 Å². The van der Waals surface area contributed by atoms with Gasteiger partial charge in [-0.05, 0) is 31.5 Å². The van der Waals surface area contributed by atoms with E-state index in [0.717, 1.165) is 42.8 Å². The summed E-state index contributed by atoms with van der Waals surface area (Å²) in [7, 11) is 0. The molecule has 3 aromatic rings. The quantitative estimate of drug-likeness (QED) is 0.709. The van der Waals surface area contributed by atoms with Crippen LogP contribution in [0.4, 0.5) is 5.82 Å². The normalized spacial score (nSPS) is 17.9. The minimum Gasteiger partial charge on any atom is -0.368 e. The summed E-state index contributed by atoms with van der Waals surface area (Å²) in [6.45, 7) is 3.28. The van der Waals surface area contributed by atoms with Gasteiger partial charge in [-0.15, -0.1) is 0 Å². The van der Waals surface area contributed by atoms with Crippen molar-refractivity contribution in [3.63, 3.8) is 0 Å². The van der Waals surface area contributed by atoms with Crippen LogP contribution in [0.2, 0.25) is 0 Å². The molecule has 0 aliphatic carbocycles. The number of likely N-dealkylation sites (tertiary alicyclic amines) is 1. The van der Waals surface area contributed by atoms with Gasteiger partial charge in [-0.3, -0.25) is 14.7 Å². The number of nitrogens with one attached hydrogen (secondary N) is 1. The molecule has 1 atom stereocenters. The molecule has 1 unspecified atom stereocenters. The van der Waals surface area contributed by atoms with Crippen LogP contribution in [-0.4, -0.2) is 55.3 Å². The van der Waals surface area contributed by atoms with Crippen molar-refractivity contribution in [3.05, 3.63) is 53.5 Å². The van der Waals surface area contributed by atoms with E-state index in [4.69, 9.17) is 0 Å². The molecular formula is C19H23N7O. The van der Waals surface area contributed by atoms with Crippen molar-refractivity contribution in [2.24, 2.45) is 0 Å². The Hall–Kier alpha value is -2.87. The number of anilines is 1. The Balaban J connectivity index is 1.42. The molecule has 4 heterocycles. The van der Waals surface area contributed by atoms with E-state index in [9.17, 15) is 4.79 Å². The Morgan fingerprint density at radius 3 is 3.04 bits per heavy atom. The number of piperidine rings is 1. The van der Waals surface area contributed by atoms with Gasteiger partial charge in [0, 0.05) is 43.0 Å². The zero-order valence-electron chi connectivity index (χ0n) is 15.2. The van der Waals surface area contributed by atoms with E-state index in [0.29, 0.717) is 12.6 Å². The maximum Gasteiger partial charge on any atom is 0.266 e. The highest BCUT2D eigenvalue weighted by Crippen LogP contribution is 2.20. The molecule has 1 saturated heterocycles. The second-order valence-electron chi connectivity index (χ2n) is 6.77. The molecule has 0 aromatic carbocycles. The van der Waals surface area contributed by atoms with E-state index in [2.05, 4.69) is 30.3 Å².